The Morgan fingerprint density at radius 3 is 2.85 bits per heavy atom. The third kappa shape index (κ3) is 4.37. The molecular formula is C18H22N4O3S. The van der Waals surface area contributed by atoms with Crippen LogP contribution in [0, 0.1) is 6.92 Å². The maximum atomic E-state index is 12.4. The Labute approximate surface area is 153 Å². The average Bonchev–Trinajstić information content (AvgIpc) is 2.99. The molecule has 3 rings (SSSR count). The summed E-state index contributed by atoms with van der Waals surface area (Å²) in [5.74, 6) is 0.341. The molecule has 1 N–H and O–H groups in total. The predicted octanol–water partition coefficient (Wildman–Crippen LogP) is 1.34. The van der Waals surface area contributed by atoms with E-state index in [2.05, 4.69) is 15.3 Å². The summed E-state index contributed by atoms with van der Waals surface area (Å²) in [6.07, 6.45) is 2.07. The normalized spacial score (nSPS) is 18.5. The van der Waals surface area contributed by atoms with Crippen LogP contribution in [0.5, 0.6) is 0 Å². The molecule has 1 fully saturated rings. The molecule has 8 heteroatoms. The van der Waals surface area contributed by atoms with Gasteiger partial charge >= 0.3 is 0 Å². The molecule has 1 unspecified atom stereocenters. The number of rotatable bonds is 5. The summed E-state index contributed by atoms with van der Waals surface area (Å²) >= 11 is 0. The molecular weight excluding hydrogens is 352 g/mol. The second-order valence-electron chi connectivity index (χ2n) is 6.58. The molecule has 7 nitrogen and oxygen atoms in total. The Balaban J connectivity index is 1.67. The molecule has 1 amide bonds. The van der Waals surface area contributed by atoms with Crippen molar-refractivity contribution in [2.45, 2.75) is 25.9 Å². The van der Waals surface area contributed by atoms with Crippen molar-refractivity contribution in [2.24, 2.45) is 0 Å². The third-order valence-electron chi connectivity index (χ3n) is 4.48. The third-order valence-corrected chi connectivity index (χ3v) is 6.23. The lowest BCUT2D eigenvalue weighted by molar-refractivity contribution is 0.0945. The number of nitrogens with one attached hydrogen (secondary N) is 1. The molecule has 2 heterocycles. The largest absolute Gasteiger partial charge is 0.347 e. The molecule has 1 atom stereocenters. The summed E-state index contributed by atoms with van der Waals surface area (Å²) in [6.45, 7) is 2.41. The predicted molar refractivity (Wildman–Crippen MR) is 99.8 cm³/mol. The number of anilines is 1. The minimum atomic E-state index is -2.99. The molecule has 1 saturated heterocycles. The molecule has 1 aromatic carbocycles. The second-order valence-corrected chi connectivity index (χ2v) is 8.81. The van der Waals surface area contributed by atoms with E-state index in [9.17, 15) is 13.2 Å². The summed E-state index contributed by atoms with van der Waals surface area (Å²) in [5, 5.41) is 2.85. The van der Waals surface area contributed by atoms with E-state index in [-0.39, 0.29) is 29.1 Å². The zero-order chi connectivity index (χ0) is 18.7. The molecule has 0 radical (unpaired) electrons. The standard InChI is InChI=1S/C18H22N4O3S/c1-13-4-3-5-14(10-13)11-20-17(23)16-6-8-19-18(21-16)22(2)15-7-9-26(24,25)12-15/h3-6,8,10,15H,7,9,11-12H2,1-2H3,(H,20,23). The number of hydrogen-bond acceptors (Lipinski definition) is 6. The molecule has 0 aliphatic carbocycles. The van der Waals surface area contributed by atoms with Gasteiger partial charge in [-0.15, -0.1) is 0 Å². The Bertz CT molecular complexity index is 914. The van der Waals surface area contributed by atoms with Crippen molar-refractivity contribution in [3.63, 3.8) is 0 Å². The monoisotopic (exact) mass is 374 g/mol. The molecule has 2 aromatic rings. The van der Waals surface area contributed by atoms with E-state index >= 15 is 0 Å². The van der Waals surface area contributed by atoms with Crippen molar-refractivity contribution < 1.29 is 13.2 Å². The fourth-order valence-corrected chi connectivity index (χ4v) is 4.76. The Morgan fingerprint density at radius 1 is 1.35 bits per heavy atom. The van der Waals surface area contributed by atoms with E-state index in [0.717, 1.165) is 11.1 Å². The molecule has 0 spiro atoms. The molecule has 1 aliphatic heterocycles. The average molecular weight is 374 g/mol. The Morgan fingerprint density at radius 2 is 2.15 bits per heavy atom. The van der Waals surface area contributed by atoms with E-state index in [1.165, 1.54) is 6.20 Å². The van der Waals surface area contributed by atoms with Crippen LogP contribution in [-0.4, -0.2) is 48.9 Å². The van der Waals surface area contributed by atoms with Crippen molar-refractivity contribution >= 4 is 21.7 Å². The van der Waals surface area contributed by atoms with Crippen LogP contribution in [0.15, 0.2) is 36.5 Å². The van der Waals surface area contributed by atoms with Gasteiger partial charge in [0.1, 0.15) is 5.69 Å². The van der Waals surface area contributed by atoms with Crippen molar-refractivity contribution in [3.8, 4) is 0 Å². The number of amides is 1. The number of benzene rings is 1. The zero-order valence-electron chi connectivity index (χ0n) is 14.8. The van der Waals surface area contributed by atoms with Gasteiger partial charge in [-0.25, -0.2) is 18.4 Å². The highest BCUT2D eigenvalue weighted by atomic mass is 32.2. The van der Waals surface area contributed by atoms with E-state index in [0.29, 0.717) is 18.9 Å². The van der Waals surface area contributed by atoms with Gasteiger partial charge in [0.05, 0.1) is 11.5 Å². The van der Waals surface area contributed by atoms with Crippen LogP contribution in [-0.2, 0) is 16.4 Å². The van der Waals surface area contributed by atoms with Gasteiger partial charge in [0, 0.05) is 25.8 Å². The van der Waals surface area contributed by atoms with Gasteiger partial charge in [-0.1, -0.05) is 29.8 Å². The van der Waals surface area contributed by atoms with Crippen LogP contribution in [0.3, 0.4) is 0 Å². The van der Waals surface area contributed by atoms with Gasteiger partial charge in [0.2, 0.25) is 5.95 Å². The summed E-state index contributed by atoms with van der Waals surface area (Å²) < 4.78 is 23.3. The number of aryl methyl sites for hydroxylation is 1. The topological polar surface area (TPSA) is 92.3 Å². The minimum absolute atomic E-state index is 0.0939. The number of carbonyl (C=O) groups is 1. The Kier molecular flexibility index (Phi) is 5.22. The lowest BCUT2D eigenvalue weighted by atomic mass is 10.1. The lowest BCUT2D eigenvalue weighted by Gasteiger charge is -2.23. The fourth-order valence-electron chi connectivity index (χ4n) is 2.98. The first-order valence-electron chi connectivity index (χ1n) is 8.44. The zero-order valence-corrected chi connectivity index (χ0v) is 15.7. The second kappa shape index (κ2) is 7.41. The summed E-state index contributed by atoms with van der Waals surface area (Å²) in [5.41, 5.74) is 2.41. The van der Waals surface area contributed by atoms with Crippen molar-refractivity contribution in [1.82, 2.24) is 15.3 Å². The molecule has 1 aliphatic rings. The SMILES string of the molecule is Cc1cccc(CNC(=O)c2ccnc(N(C)C3CCS(=O)(=O)C3)n2)c1. The first kappa shape index (κ1) is 18.3. The summed E-state index contributed by atoms with van der Waals surface area (Å²) in [6, 6.07) is 9.30. The first-order chi connectivity index (χ1) is 12.3. The minimum Gasteiger partial charge on any atom is -0.347 e. The highest BCUT2D eigenvalue weighted by molar-refractivity contribution is 7.91. The van der Waals surface area contributed by atoms with Gasteiger partial charge < -0.3 is 10.2 Å². The number of carbonyl (C=O) groups excluding carboxylic acids is 1. The van der Waals surface area contributed by atoms with E-state index in [4.69, 9.17) is 0 Å². The smallest absolute Gasteiger partial charge is 0.270 e. The first-order valence-corrected chi connectivity index (χ1v) is 10.3. The highest BCUT2D eigenvalue weighted by Gasteiger charge is 2.31. The van der Waals surface area contributed by atoms with Gasteiger partial charge in [-0.2, -0.15) is 0 Å². The summed E-state index contributed by atoms with van der Waals surface area (Å²) in [4.78, 5) is 22.6. The summed E-state index contributed by atoms with van der Waals surface area (Å²) in [7, 11) is -1.24. The number of sulfone groups is 1. The molecule has 0 bridgehead atoms. The van der Waals surface area contributed by atoms with Crippen molar-refractivity contribution in [1.29, 1.82) is 0 Å². The number of hydrogen-bond donors (Lipinski definition) is 1. The van der Waals surface area contributed by atoms with Crippen LogP contribution in [0.25, 0.3) is 0 Å². The maximum absolute atomic E-state index is 12.4. The molecule has 138 valence electrons. The van der Waals surface area contributed by atoms with Gasteiger partial charge in [0.25, 0.3) is 5.91 Å². The molecule has 1 aromatic heterocycles. The number of nitrogens with zero attached hydrogens (tertiary/aromatic N) is 3. The van der Waals surface area contributed by atoms with Crippen LogP contribution in [0.1, 0.15) is 28.0 Å². The quantitative estimate of drug-likeness (QED) is 0.849. The van der Waals surface area contributed by atoms with Crippen LogP contribution < -0.4 is 10.2 Å². The fraction of sp³-hybridized carbons (Fsp3) is 0.389. The van der Waals surface area contributed by atoms with Crippen LogP contribution in [0.4, 0.5) is 5.95 Å². The Hall–Kier alpha value is -2.48. The van der Waals surface area contributed by atoms with E-state index in [1.54, 1.807) is 18.0 Å². The van der Waals surface area contributed by atoms with Crippen molar-refractivity contribution in [3.05, 3.63) is 53.3 Å². The highest BCUT2D eigenvalue weighted by Crippen LogP contribution is 2.20. The van der Waals surface area contributed by atoms with Crippen molar-refractivity contribution in [2.75, 3.05) is 23.5 Å². The van der Waals surface area contributed by atoms with E-state index < -0.39 is 9.84 Å². The lowest BCUT2D eigenvalue weighted by Crippen LogP contribution is -2.34. The maximum Gasteiger partial charge on any atom is 0.270 e. The van der Waals surface area contributed by atoms with Crippen LogP contribution in [0.2, 0.25) is 0 Å². The van der Waals surface area contributed by atoms with Gasteiger partial charge in [-0.3, -0.25) is 4.79 Å². The molecule has 26 heavy (non-hydrogen) atoms. The van der Waals surface area contributed by atoms with Crippen LogP contribution >= 0.6 is 0 Å². The number of aromatic nitrogens is 2. The van der Waals surface area contributed by atoms with Gasteiger partial charge in [0.15, 0.2) is 9.84 Å². The van der Waals surface area contributed by atoms with Gasteiger partial charge in [-0.05, 0) is 25.0 Å². The van der Waals surface area contributed by atoms with E-state index in [1.807, 2.05) is 31.2 Å². The molecule has 0 saturated carbocycles.